The number of aromatic nitrogens is 1. The maximum absolute atomic E-state index is 13.0. The fraction of sp³-hybridized carbons (Fsp3) is 0.583. The Hall–Kier alpha value is -1.12. The first-order chi connectivity index (χ1) is 7.31. The summed E-state index contributed by atoms with van der Waals surface area (Å²) in [5, 5.41) is 0. The van der Waals surface area contributed by atoms with E-state index in [1.165, 1.54) is 25.3 Å². The average molecular weight is 208 g/mol. The van der Waals surface area contributed by atoms with Crippen molar-refractivity contribution in [2.45, 2.75) is 38.6 Å². The summed E-state index contributed by atoms with van der Waals surface area (Å²) in [5.41, 5.74) is 0.981. The highest BCUT2D eigenvalue weighted by molar-refractivity contribution is 5.46. The summed E-state index contributed by atoms with van der Waals surface area (Å²) in [6.07, 6.45) is 6.40. The highest BCUT2D eigenvalue weighted by Gasteiger charge is 2.21. The molecule has 0 aromatic carbocycles. The van der Waals surface area contributed by atoms with Crippen molar-refractivity contribution < 1.29 is 4.39 Å². The Kier molecular flexibility index (Phi) is 3.19. The minimum absolute atomic E-state index is 0.382. The average Bonchev–Trinajstić information content (AvgIpc) is 2.29. The number of hydrogen-bond donors (Lipinski definition) is 0. The second-order valence-corrected chi connectivity index (χ2v) is 4.09. The van der Waals surface area contributed by atoms with Gasteiger partial charge in [-0.05, 0) is 31.7 Å². The van der Waals surface area contributed by atoms with Gasteiger partial charge in [0.05, 0.1) is 0 Å². The molecule has 15 heavy (non-hydrogen) atoms. The van der Waals surface area contributed by atoms with Gasteiger partial charge >= 0.3 is 0 Å². The van der Waals surface area contributed by atoms with Crippen LogP contribution in [0.1, 0.15) is 32.6 Å². The topological polar surface area (TPSA) is 16.1 Å². The second-order valence-electron chi connectivity index (χ2n) is 4.09. The van der Waals surface area contributed by atoms with Gasteiger partial charge in [0.15, 0.2) is 0 Å². The van der Waals surface area contributed by atoms with Crippen molar-refractivity contribution in [3.05, 3.63) is 24.3 Å². The van der Waals surface area contributed by atoms with Gasteiger partial charge in [-0.25, -0.2) is 4.98 Å². The Bertz CT molecular complexity index is 327. The Labute approximate surface area is 90.1 Å². The lowest BCUT2D eigenvalue weighted by Gasteiger charge is -2.37. The van der Waals surface area contributed by atoms with Crippen LogP contribution in [0.2, 0.25) is 0 Å². The predicted octanol–water partition coefficient (Wildman–Crippen LogP) is 2.99. The predicted molar refractivity (Wildman–Crippen MR) is 59.5 cm³/mol. The summed E-state index contributed by atoms with van der Waals surface area (Å²) in [5.74, 6) is -0.382. The van der Waals surface area contributed by atoms with Crippen LogP contribution in [0.5, 0.6) is 0 Å². The molecule has 2 heterocycles. The molecule has 1 atom stereocenters. The number of anilines is 1. The number of rotatable bonds is 2. The van der Waals surface area contributed by atoms with Crippen molar-refractivity contribution in [1.29, 1.82) is 0 Å². The van der Waals surface area contributed by atoms with Gasteiger partial charge in [0.25, 0.3) is 0 Å². The summed E-state index contributed by atoms with van der Waals surface area (Å²) in [4.78, 5) is 5.91. The van der Waals surface area contributed by atoms with E-state index in [1.807, 2.05) is 6.07 Å². The molecule has 0 aliphatic carbocycles. The Morgan fingerprint density at radius 3 is 3.13 bits per heavy atom. The molecular formula is C12H17FN2. The largest absolute Gasteiger partial charge is 0.368 e. The first-order valence-corrected chi connectivity index (χ1v) is 5.69. The maximum atomic E-state index is 13.0. The standard InChI is InChI=1S/C12H17FN2/c1-2-10-5-3-4-8-15(10)11-6-7-14-12(13)9-11/h6-7,9-10H,2-5,8H2,1H3/t10-/m1/s1. The summed E-state index contributed by atoms with van der Waals surface area (Å²) in [6, 6.07) is 4.01. The van der Waals surface area contributed by atoms with Crippen molar-refractivity contribution in [1.82, 2.24) is 4.98 Å². The molecule has 0 spiro atoms. The maximum Gasteiger partial charge on any atom is 0.214 e. The van der Waals surface area contributed by atoms with Crippen molar-refractivity contribution in [3.8, 4) is 0 Å². The van der Waals surface area contributed by atoms with E-state index in [0.29, 0.717) is 6.04 Å². The molecule has 0 radical (unpaired) electrons. The zero-order valence-electron chi connectivity index (χ0n) is 9.12. The molecule has 0 saturated carbocycles. The molecule has 1 aromatic rings. The van der Waals surface area contributed by atoms with Gasteiger partial charge in [-0.2, -0.15) is 4.39 Å². The van der Waals surface area contributed by atoms with Gasteiger partial charge in [-0.3, -0.25) is 0 Å². The molecule has 2 rings (SSSR count). The van der Waals surface area contributed by atoms with Gasteiger partial charge < -0.3 is 4.90 Å². The SMILES string of the molecule is CC[C@@H]1CCCCN1c1ccnc(F)c1. The number of pyridine rings is 1. The summed E-state index contributed by atoms with van der Waals surface area (Å²) in [7, 11) is 0. The molecular weight excluding hydrogens is 191 g/mol. The van der Waals surface area contributed by atoms with Crippen LogP contribution in [-0.4, -0.2) is 17.6 Å². The number of nitrogens with zero attached hydrogens (tertiary/aromatic N) is 2. The molecule has 0 N–H and O–H groups in total. The molecule has 1 aromatic heterocycles. The summed E-state index contributed by atoms with van der Waals surface area (Å²) < 4.78 is 13.0. The monoisotopic (exact) mass is 208 g/mol. The van der Waals surface area contributed by atoms with Crippen LogP contribution >= 0.6 is 0 Å². The van der Waals surface area contributed by atoms with E-state index in [1.54, 1.807) is 6.20 Å². The molecule has 0 amide bonds. The first kappa shape index (κ1) is 10.4. The van der Waals surface area contributed by atoms with Crippen molar-refractivity contribution >= 4 is 5.69 Å². The minimum atomic E-state index is -0.382. The van der Waals surface area contributed by atoms with Crippen molar-refractivity contribution in [2.24, 2.45) is 0 Å². The zero-order chi connectivity index (χ0) is 10.7. The van der Waals surface area contributed by atoms with Crippen molar-refractivity contribution in [2.75, 3.05) is 11.4 Å². The Morgan fingerprint density at radius 2 is 2.40 bits per heavy atom. The molecule has 2 nitrogen and oxygen atoms in total. The normalized spacial score (nSPS) is 21.7. The lowest BCUT2D eigenvalue weighted by molar-refractivity contribution is 0.448. The van der Waals surface area contributed by atoms with Crippen LogP contribution in [0.3, 0.4) is 0 Å². The van der Waals surface area contributed by atoms with Gasteiger partial charge in [0.1, 0.15) is 0 Å². The Balaban J connectivity index is 2.20. The summed E-state index contributed by atoms with van der Waals surface area (Å²) in [6.45, 7) is 3.24. The van der Waals surface area contributed by atoms with Gasteiger partial charge in [-0.15, -0.1) is 0 Å². The molecule has 1 aliphatic heterocycles. The number of hydrogen-bond acceptors (Lipinski definition) is 2. The van der Waals surface area contributed by atoms with E-state index in [-0.39, 0.29) is 5.95 Å². The molecule has 0 bridgehead atoms. The molecule has 3 heteroatoms. The third-order valence-electron chi connectivity index (χ3n) is 3.14. The van der Waals surface area contributed by atoms with E-state index in [9.17, 15) is 4.39 Å². The third-order valence-corrected chi connectivity index (χ3v) is 3.14. The van der Waals surface area contributed by atoms with E-state index >= 15 is 0 Å². The fourth-order valence-electron chi connectivity index (χ4n) is 2.34. The highest BCUT2D eigenvalue weighted by Crippen LogP contribution is 2.26. The summed E-state index contributed by atoms with van der Waals surface area (Å²) >= 11 is 0. The van der Waals surface area contributed by atoms with Crippen LogP contribution < -0.4 is 4.90 Å². The molecule has 1 aliphatic rings. The van der Waals surface area contributed by atoms with E-state index in [2.05, 4.69) is 16.8 Å². The van der Waals surface area contributed by atoms with Gasteiger partial charge in [-0.1, -0.05) is 6.92 Å². The van der Waals surface area contributed by atoms with Gasteiger partial charge in [0, 0.05) is 30.5 Å². The lowest BCUT2D eigenvalue weighted by atomic mass is 9.99. The number of halogens is 1. The quantitative estimate of drug-likeness (QED) is 0.694. The van der Waals surface area contributed by atoms with Crippen LogP contribution in [0.4, 0.5) is 10.1 Å². The highest BCUT2D eigenvalue weighted by atomic mass is 19.1. The molecule has 82 valence electrons. The molecule has 1 fully saturated rings. The van der Waals surface area contributed by atoms with Gasteiger partial charge in [0.2, 0.25) is 5.95 Å². The van der Waals surface area contributed by atoms with Crippen LogP contribution in [-0.2, 0) is 0 Å². The Morgan fingerprint density at radius 1 is 1.53 bits per heavy atom. The zero-order valence-corrected chi connectivity index (χ0v) is 9.12. The van der Waals surface area contributed by atoms with E-state index in [0.717, 1.165) is 18.7 Å². The lowest BCUT2D eigenvalue weighted by Crippen LogP contribution is -2.39. The van der Waals surface area contributed by atoms with Crippen LogP contribution in [0, 0.1) is 5.95 Å². The van der Waals surface area contributed by atoms with Crippen LogP contribution in [0.15, 0.2) is 18.3 Å². The van der Waals surface area contributed by atoms with Crippen molar-refractivity contribution in [3.63, 3.8) is 0 Å². The van der Waals surface area contributed by atoms with E-state index < -0.39 is 0 Å². The fourth-order valence-corrected chi connectivity index (χ4v) is 2.34. The molecule has 1 saturated heterocycles. The third kappa shape index (κ3) is 2.28. The first-order valence-electron chi connectivity index (χ1n) is 5.69. The smallest absolute Gasteiger partial charge is 0.214 e. The second kappa shape index (κ2) is 4.60. The minimum Gasteiger partial charge on any atom is -0.368 e. The number of piperidine rings is 1. The van der Waals surface area contributed by atoms with Crippen LogP contribution in [0.25, 0.3) is 0 Å². The molecule has 0 unspecified atom stereocenters. The van der Waals surface area contributed by atoms with E-state index in [4.69, 9.17) is 0 Å².